The molecule has 1 aromatic rings. The number of anilines is 1. The standard InChI is InChI=1S/C17H16F9N/c1-9(4-13(15(2,3)21)17(24,25)26)27-12-6-10(5-11(18)7-12)8-16(22,23)14(19)20/h4-7,14,27H,1,8H2,2-3H3/b13-4-. The molecule has 1 nitrogen and oxygen atoms in total. The molecule has 0 unspecified atom stereocenters. The zero-order chi connectivity index (χ0) is 21.2. The highest BCUT2D eigenvalue weighted by Crippen LogP contribution is 2.37. The van der Waals surface area contributed by atoms with Crippen LogP contribution in [0.4, 0.5) is 45.2 Å². The van der Waals surface area contributed by atoms with Crippen molar-refractivity contribution in [2.45, 2.75) is 44.5 Å². The van der Waals surface area contributed by atoms with Crippen LogP contribution in [0.2, 0.25) is 0 Å². The van der Waals surface area contributed by atoms with E-state index in [0.717, 1.165) is 12.1 Å². The summed E-state index contributed by atoms with van der Waals surface area (Å²) in [6.07, 6.45) is -10.1. The highest BCUT2D eigenvalue weighted by molar-refractivity contribution is 5.53. The van der Waals surface area contributed by atoms with E-state index >= 15 is 0 Å². The SMILES string of the molecule is C=C(/C=C(/C(C)(C)F)C(F)(F)F)Nc1cc(F)cc(CC(F)(F)C(F)F)c1. The molecule has 0 aliphatic heterocycles. The fraction of sp³-hybridized carbons (Fsp3) is 0.412. The van der Waals surface area contributed by atoms with Gasteiger partial charge in [0.25, 0.3) is 0 Å². The molecule has 152 valence electrons. The van der Waals surface area contributed by atoms with E-state index in [1.54, 1.807) is 0 Å². The highest BCUT2D eigenvalue weighted by Gasteiger charge is 2.43. The molecule has 0 atom stereocenters. The molecule has 0 saturated carbocycles. The first-order valence-corrected chi connectivity index (χ1v) is 7.42. The molecular formula is C17H16F9N. The van der Waals surface area contributed by atoms with Crippen LogP contribution in [0.5, 0.6) is 0 Å². The van der Waals surface area contributed by atoms with E-state index < -0.39 is 53.3 Å². The van der Waals surface area contributed by atoms with Crippen molar-refractivity contribution in [3.05, 3.63) is 53.5 Å². The molecule has 1 aromatic carbocycles. The van der Waals surface area contributed by atoms with Gasteiger partial charge in [0.1, 0.15) is 11.5 Å². The molecule has 1 rings (SSSR count). The zero-order valence-electron chi connectivity index (χ0n) is 14.2. The van der Waals surface area contributed by atoms with Crippen molar-refractivity contribution in [3.63, 3.8) is 0 Å². The number of alkyl halides is 8. The maximum absolute atomic E-state index is 13.8. The van der Waals surface area contributed by atoms with Gasteiger partial charge in [-0.05, 0) is 43.7 Å². The molecule has 10 heteroatoms. The Morgan fingerprint density at radius 2 is 1.63 bits per heavy atom. The van der Waals surface area contributed by atoms with Crippen molar-refractivity contribution >= 4 is 5.69 Å². The van der Waals surface area contributed by atoms with Crippen LogP contribution < -0.4 is 5.32 Å². The Morgan fingerprint density at radius 1 is 1.07 bits per heavy atom. The van der Waals surface area contributed by atoms with E-state index in [1.807, 2.05) is 0 Å². The lowest BCUT2D eigenvalue weighted by Crippen LogP contribution is -2.29. The maximum atomic E-state index is 13.8. The van der Waals surface area contributed by atoms with Crippen LogP contribution in [-0.2, 0) is 6.42 Å². The summed E-state index contributed by atoms with van der Waals surface area (Å²) >= 11 is 0. The van der Waals surface area contributed by atoms with Crippen LogP contribution in [0.25, 0.3) is 0 Å². The number of hydrogen-bond donors (Lipinski definition) is 1. The molecule has 0 fully saturated rings. The molecule has 0 aliphatic rings. The number of hydrogen-bond acceptors (Lipinski definition) is 1. The minimum Gasteiger partial charge on any atom is -0.356 e. The van der Waals surface area contributed by atoms with E-state index in [1.165, 1.54) is 0 Å². The summed E-state index contributed by atoms with van der Waals surface area (Å²) < 4.78 is 117. The van der Waals surface area contributed by atoms with Gasteiger partial charge in [0.05, 0.1) is 5.57 Å². The normalized spacial score (nSPS) is 13.9. The highest BCUT2D eigenvalue weighted by atomic mass is 19.4. The Labute approximate surface area is 149 Å². The van der Waals surface area contributed by atoms with Crippen LogP contribution in [0, 0.1) is 5.82 Å². The predicted molar refractivity (Wildman–Crippen MR) is 83.1 cm³/mol. The van der Waals surface area contributed by atoms with Gasteiger partial charge < -0.3 is 5.32 Å². The van der Waals surface area contributed by atoms with Gasteiger partial charge in [-0.1, -0.05) is 6.58 Å². The number of rotatable bonds is 7. The van der Waals surface area contributed by atoms with Gasteiger partial charge in [0.2, 0.25) is 0 Å². The van der Waals surface area contributed by atoms with Gasteiger partial charge >= 0.3 is 18.5 Å². The van der Waals surface area contributed by atoms with Gasteiger partial charge in [0, 0.05) is 17.8 Å². The molecule has 0 aromatic heterocycles. The van der Waals surface area contributed by atoms with Gasteiger partial charge in [-0.15, -0.1) is 0 Å². The Balaban J connectivity index is 3.12. The molecular weight excluding hydrogens is 389 g/mol. The number of nitrogens with one attached hydrogen (secondary N) is 1. The first-order chi connectivity index (χ1) is 12.0. The molecule has 0 spiro atoms. The van der Waals surface area contributed by atoms with Crippen molar-refractivity contribution in [2.24, 2.45) is 0 Å². The zero-order valence-corrected chi connectivity index (χ0v) is 14.2. The van der Waals surface area contributed by atoms with Crippen LogP contribution in [0.15, 0.2) is 42.1 Å². The topological polar surface area (TPSA) is 12.0 Å². The number of allylic oxidation sites excluding steroid dienone is 2. The summed E-state index contributed by atoms with van der Waals surface area (Å²) in [5, 5.41) is 2.20. The fourth-order valence-corrected chi connectivity index (χ4v) is 2.16. The van der Waals surface area contributed by atoms with Gasteiger partial charge in [-0.3, -0.25) is 0 Å². The van der Waals surface area contributed by atoms with Crippen LogP contribution >= 0.6 is 0 Å². The van der Waals surface area contributed by atoms with Gasteiger partial charge in [-0.25, -0.2) is 17.6 Å². The van der Waals surface area contributed by atoms with Crippen molar-refractivity contribution in [2.75, 3.05) is 5.32 Å². The largest absolute Gasteiger partial charge is 0.415 e. The van der Waals surface area contributed by atoms with Crippen LogP contribution in [-0.4, -0.2) is 24.2 Å². The van der Waals surface area contributed by atoms with Gasteiger partial charge in [-0.2, -0.15) is 22.0 Å². The first kappa shape index (κ1) is 22.9. The number of halogens is 9. The minimum absolute atomic E-state index is 0.311. The van der Waals surface area contributed by atoms with E-state index in [4.69, 9.17) is 0 Å². The predicted octanol–water partition coefficient (Wildman–Crippen LogP) is 6.43. The fourth-order valence-electron chi connectivity index (χ4n) is 2.16. The summed E-state index contributed by atoms with van der Waals surface area (Å²) in [5.41, 5.74) is -5.68. The van der Waals surface area contributed by atoms with Crippen molar-refractivity contribution in [1.82, 2.24) is 0 Å². The van der Waals surface area contributed by atoms with E-state index in [-0.39, 0.29) is 5.69 Å². The lowest BCUT2D eigenvalue weighted by molar-refractivity contribution is -0.127. The average molecular weight is 405 g/mol. The second-order valence-corrected chi connectivity index (χ2v) is 6.27. The van der Waals surface area contributed by atoms with Crippen LogP contribution in [0.1, 0.15) is 19.4 Å². The average Bonchev–Trinajstić information content (AvgIpc) is 2.40. The lowest BCUT2D eigenvalue weighted by Gasteiger charge is -2.22. The van der Waals surface area contributed by atoms with Crippen molar-refractivity contribution in [3.8, 4) is 0 Å². The monoisotopic (exact) mass is 405 g/mol. The summed E-state index contributed by atoms with van der Waals surface area (Å²) in [5.74, 6) is -5.50. The van der Waals surface area contributed by atoms with E-state index in [0.29, 0.717) is 26.0 Å². The molecule has 0 saturated heterocycles. The number of benzene rings is 1. The Kier molecular flexibility index (Phi) is 6.66. The molecule has 0 radical (unpaired) electrons. The Bertz CT molecular complexity index is 696. The summed E-state index contributed by atoms with van der Waals surface area (Å²) in [6.45, 7) is 4.58. The van der Waals surface area contributed by atoms with Crippen molar-refractivity contribution in [1.29, 1.82) is 0 Å². The van der Waals surface area contributed by atoms with Crippen molar-refractivity contribution < 1.29 is 39.5 Å². The van der Waals surface area contributed by atoms with Gasteiger partial charge in [0.15, 0.2) is 0 Å². The first-order valence-electron chi connectivity index (χ1n) is 7.42. The second-order valence-electron chi connectivity index (χ2n) is 6.27. The Morgan fingerprint density at radius 3 is 2.07 bits per heavy atom. The molecule has 0 bridgehead atoms. The summed E-state index contributed by atoms with van der Waals surface area (Å²) in [6, 6.07) is 2.18. The Hall–Kier alpha value is -2.13. The molecule has 0 amide bonds. The molecule has 0 heterocycles. The summed E-state index contributed by atoms with van der Waals surface area (Å²) in [7, 11) is 0. The lowest BCUT2D eigenvalue weighted by atomic mass is 9.98. The van der Waals surface area contributed by atoms with Crippen LogP contribution in [0.3, 0.4) is 0 Å². The molecule has 27 heavy (non-hydrogen) atoms. The maximum Gasteiger partial charge on any atom is 0.415 e. The summed E-state index contributed by atoms with van der Waals surface area (Å²) in [4.78, 5) is 0. The smallest absolute Gasteiger partial charge is 0.356 e. The van der Waals surface area contributed by atoms with E-state index in [9.17, 15) is 39.5 Å². The third-order valence-electron chi connectivity index (χ3n) is 3.29. The minimum atomic E-state index is -5.02. The third-order valence-corrected chi connectivity index (χ3v) is 3.29. The molecule has 0 aliphatic carbocycles. The van der Waals surface area contributed by atoms with E-state index in [2.05, 4.69) is 11.9 Å². The second kappa shape index (κ2) is 7.85. The molecule has 1 N–H and O–H groups in total. The quantitative estimate of drug-likeness (QED) is 0.407. The third kappa shape index (κ3) is 6.84.